The Morgan fingerprint density at radius 3 is 2.65 bits per heavy atom. The van der Waals surface area contributed by atoms with Crippen LogP contribution in [-0.2, 0) is 4.79 Å². The summed E-state index contributed by atoms with van der Waals surface area (Å²) in [6, 6.07) is 5.27. The van der Waals surface area contributed by atoms with Gasteiger partial charge < -0.3 is 9.64 Å². The number of benzene rings is 1. The van der Waals surface area contributed by atoms with Crippen LogP contribution in [0.2, 0.25) is 0 Å². The van der Waals surface area contributed by atoms with Crippen molar-refractivity contribution in [2.45, 2.75) is 46.1 Å². The van der Waals surface area contributed by atoms with Gasteiger partial charge in [-0.15, -0.1) is 0 Å². The minimum atomic E-state index is -0.863. The van der Waals surface area contributed by atoms with Crippen LogP contribution in [0.25, 0.3) is 0 Å². The maximum atomic E-state index is 12.5. The summed E-state index contributed by atoms with van der Waals surface area (Å²) < 4.78 is 5.77. The maximum absolute atomic E-state index is 12.5. The van der Waals surface area contributed by atoms with Crippen LogP contribution in [0, 0.1) is 0 Å². The van der Waals surface area contributed by atoms with E-state index in [1.807, 2.05) is 0 Å². The van der Waals surface area contributed by atoms with E-state index in [2.05, 4.69) is 6.92 Å². The van der Waals surface area contributed by atoms with Gasteiger partial charge >= 0.3 is 0 Å². The summed E-state index contributed by atoms with van der Waals surface area (Å²) in [6.07, 6.45) is 1.93. The molecule has 4 nitrogen and oxygen atoms in total. The lowest BCUT2D eigenvalue weighted by Gasteiger charge is -2.39. The van der Waals surface area contributed by atoms with Gasteiger partial charge in [-0.1, -0.05) is 13.3 Å². The fraction of sp³-hybridized carbons (Fsp3) is 0.500. The Kier molecular flexibility index (Phi) is 3.84. The highest BCUT2D eigenvalue weighted by molar-refractivity contribution is 6.04. The maximum Gasteiger partial charge on any atom is 0.270 e. The number of nitrogens with zero attached hydrogens (tertiary/aromatic N) is 1. The molecule has 0 saturated carbocycles. The van der Waals surface area contributed by atoms with Gasteiger partial charge in [-0.2, -0.15) is 0 Å². The largest absolute Gasteiger partial charge is 0.476 e. The highest BCUT2D eigenvalue weighted by atomic mass is 16.5. The first kappa shape index (κ1) is 14.6. The summed E-state index contributed by atoms with van der Waals surface area (Å²) in [5.41, 5.74) is 0.440. The molecule has 108 valence electrons. The van der Waals surface area contributed by atoms with Crippen molar-refractivity contribution in [1.29, 1.82) is 0 Å². The summed E-state index contributed by atoms with van der Waals surface area (Å²) in [5.74, 6) is 0.593. The number of hydrogen-bond donors (Lipinski definition) is 0. The third-order valence-electron chi connectivity index (χ3n) is 3.52. The molecule has 0 atom stereocenters. The molecule has 0 aromatic heterocycles. The number of Topliss-reactive ketones (excluding diaryl/α,β-unsaturated/α-hetero) is 1. The molecule has 1 aromatic carbocycles. The van der Waals surface area contributed by atoms with Crippen LogP contribution in [0.1, 0.15) is 50.9 Å². The van der Waals surface area contributed by atoms with Crippen molar-refractivity contribution in [1.82, 2.24) is 0 Å². The zero-order valence-electron chi connectivity index (χ0n) is 12.5. The van der Waals surface area contributed by atoms with Crippen molar-refractivity contribution >= 4 is 17.4 Å². The molecule has 2 rings (SSSR count). The predicted molar refractivity (Wildman–Crippen MR) is 78.4 cm³/mol. The Bertz CT molecular complexity index is 549. The van der Waals surface area contributed by atoms with Crippen molar-refractivity contribution in [3.8, 4) is 5.75 Å². The number of ether oxygens (including phenoxy) is 1. The van der Waals surface area contributed by atoms with Crippen molar-refractivity contribution in [2.75, 3.05) is 11.4 Å². The van der Waals surface area contributed by atoms with Gasteiger partial charge in [0, 0.05) is 12.1 Å². The van der Waals surface area contributed by atoms with E-state index in [1.165, 1.54) is 6.92 Å². The first-order valence-electron chi connectivity index (χ1n) is 7.03. The molecule has 1 heterocycles. The van der Waals surface area contributed by atoms with E-state index >= 15 is 0 Å². The van der Waals surface area contributed by atoms with E-state index in [-0.39, 0.29) is 11.7 Å². The Hall–Kier alpha value is -1.84. The molecular weight excluding hydrogens is 254 g/mol. The SMILES string of the molecule is CCCCN1C(=O)C(C)(C)Oc2ccc(C(C)=O)cc21. The second kappa shape index (κ2) is 5.27. The number of fused-ring (bicyclic) bond motifs is 1. The molecule has 0 bridgehead atoms. The predicted octanol–water partition coefficient (Wildman–Crippen LogP) is 3.19. The molecule has 0 N–H and O–H groups in total. The highest BCUT2D eigenvalue weighted by Gasteiger charge is 2.40. The van der Waals surface area contributed by atoms with Crippen LogP contribution in [0.15, 0.2) is 18.2 Å². The van der Waals surface area contributed by atoms with Crippen molar-refractivity contribution in [2.24, 2.45) is 0 Å². The second-order valence-corrected chi connectivity index (χ2v) is 5.66. The number of rotatable bonds is 4. The first-order valence-corrected chi connectivity index (χ1v) is 7.03. The van der Waals surface area contributed by atoms with Gasteiger partial charge in [0.1, 0.15) is 5.75 Å². The van der Waals surface area contributed by atoms with Gasteiger partial charge in [0.05, 0.1) is 5.69 Å². The highest BCUT2D eigenvalue weighted by Crippen LogP contribution is 2.38. The van der Waals surface area contributed by atoms with E-state index in [0.29, 0.717) is 23.5 Å². The number of unbranched alkanes of at least 4 members (excludes halogenated alkanes) is 1. The molecule has 0 aliphatic carbocycles. The van der Waals surface area contributed by atoms with E-state index < -0.39 is 5.60 Å². The van der Waals surface area contributed by atoms with Crippen molar-refractivity contribution < 1.29 is 14.3 Å². The average molecular weight is 275 g/mol. The van der Waals surface area contributed by atoms with Crippen LogP contribution in [0.5, 0.6) is 5.75 Å². The zero-order chi connectivity index (χ0) is 14.9. The molecule has 4 heteroatoms. The monoisotopic (exact) mass is 275 g/mol. The van der Waals surface area contributed by atoms with Gasteiger partial charge in [0.25, 0.3) is 5.91 Å². The third kappa shape index (κ3) is 2.55. The summed E-state index contributed by atoms with van der Waals surface area (Å²) in [6.45, 7) is 7.80. The fourth-order valence-electron chi connectivity index (χ4n) is 2.32. The third-order valence-corrected chi connectivity index (χ3v) is 3.52. The van der Waals surface area contributed by atoms with E-state index in [9.17, 15) is 9.59 Å². The van der Waals surface area contributed by atoms with Gasteiger partial charge in [0.15, 0.2) is 11.4 Å². The summed E-state index contributed by atoms with van der Waals surface area (Å²) in [7, 11) is 0. The minimum Gasteiger partial charge on any atom is -0.476 e. The van der Waals surface area contributed by atoms with Crippen LogP contribution < -0.4 is 9.64 Å². The van der Waals surface area contributed by atoms with Crippen LogP contribution in [-0.4, -0.2) is 23.8 Å². The Morgan fingerprint density at radius 2 is 2.05 bits per heavy atom. The lowest BCUT2D eigenvalue weighted by Crippen LogP contribution is -2.52. The Balaban J connectivity index is 2.47. The lowest BCUT2D eigenvalue weighted by atomic mass is 10.0. The molecular formula is C16H21NO3. The van der Waals surface area contributed by atoms with Crippen LogP contribution in [0.3, 0.4) is 0 Å². The quantitative estimate of drug-likeness (QED) is 0.793. The normalized spacial score (nSPS) is 16.6. The lowest BCUT2D eigenvalue weighted by molar-refractivity contribution is -0.132. The Labute approximate surface area is 119 Å². The number of hydrogen-bond acceptors (Lipinski definition) is 3. The number of amides is 1. The minimum absolute atomic E-state index is 0.0134. The smallest absolute Gasteiger partial charge is 0.270 e. The standard InChI is InChI=1S/C16H21NO3/c1-5-6-9-17-13-10-12(11(2)18)7-8-14(13)20-16(3,4)15(17)19/h7-8,10H,5-6,9H2,1-4H3. The average Bonchev–Trinajstić information content (AvgIpc) is 2.38. The van der Waals surface area contributed by atoms with E-state index in [4.69, 9.17) is 4.74 Å². The van der Waals surface area contributed by atoms with Crippen LogP contribution in [0.4, 0.5) is 5.69 Å². The van der Waals surface area contributed by atoms with Gasteiger partial charge in [-0.05, 0) is 45.4 Å². The summed E-state index contributed by atoms with van der Waals surface area (Å²) in [4.78, 5) is 25.8. The molecule has 0 radical (unpaired) electrons. The number of carbonyl (C=O) groups excluding carboxylic acids is 2. The molecule has 1 aliphatic rings. The molecule has 1 aliphatic heterocycles. The van der Waals surface area contributed by atoms with Gasteiger partial charge in [-0.25, -0.2) is 0 Å². The fourth-order valence-corrected chi connectivity index (χ4v) is 2.32. The second-order valence-electron chi connectivity index (χ2n) is 5.66. The summed E-state index contributed by atoms with van der Waals surface area (Å²) >= 11 is 0. The molecule has 0 fully saturated rings. The first-order chi connectivity index (χ1) is 9.36. The van der Waals surface area contributed by atoms with Crippen LogP contribution >= 0.6 is 0 Å². The molecule has 1 amide bonds. The van der Waals surface area contributed by atoms with E-state index in [1.54, 1.807) is 36.9 Å². The van der Waals surface area contributed by atoms with Crippen molar-refractivity contribution in [3.63, 3.8) is 0 Å². The van der Waals surface area contributed by atoms with Gasteiger partial charge in [-0.3, -0.25) is 9.59 Å². The molecule has 0 unspecified atom stereocenters. The molecule has 1 aromatic rings. The van der Waals surface area contributed by atoms with Crippen molar-refractivity contribution in [3.05, 3.63) is 23.8 Å². The van der Waals surface area contributed by atoms with Gasteiger partial charge in [0.2, 0.25) is 0 Å². The molecule has 0 saturated heterocycles. The number of carbonyl (C=O) groups is 2. The summed E-state index contributed by atoms with van der Waals surface area (Å²) in [5, 5.41) is 0. The Morgan fingerprint density at radius 1 is 1.35 bits per heavy atom. The number of anilines is 1. The van der Waals surface area contributed by atoms with E-state index in [0.717, 1.165) is 12.8 Å². The molecule has 0 spiro atoms. The number of ketones is 1. The zero-order valence-corrected chi connectivity index (χ0v) is 12.5. The molecule has 20 heavy (non-hydrogen) atoms. The topological polar surface area (TPSA) is 46.6 Å².